The van der Waals surface area contributed by atoms with E-state index < -0.39 is 5.97 Å². The third-order valence-corrected chi connectivity index (χ3v) is 4.18. The van der Waals surface area contributed by atoms with Crippen molar-refractivity contribution in [3.05, 3.63) is 52.0 Å². The van der Waals surface area contributed by atoms with Crippen molar-refractivity contribution < 1.29 is 14.1 Å². The van der Waals surface area contributed by atoms with Gasteiger partial charge in [-0.2, -0.15) is 10.1 Å². The summed E-state index contributed by atoms with van der Waals surface area (Å²) in [7, 11) is 0. The molecule has 8 nitrogen and oxygen atoms in total. The van der Waals surface area contributed by atoms with Gasteiger partial charge in [0.05, 0.1) is 5.39 Å². The molecule has 0 N–H and O–H groups in total. The van der Waals surface area contributed by atoms with Crippen LogP contribution in [0.15, 0.2) is 33.6 Å². The van der Waals surface area contributed by atoms with E-state index in [4.69, 9.17) is 9.26 Å². The van der Waals surface area contributed by atoms with E-state index in [-0.39, 0.29) is 23.8 Å². The summed E-state index contributed by atoms with van der Waals surface area (Å²) in [5.41, 5.74) is -0.0943. The number of rotatable bonds is 8. The molecule has 8 heteroatoms. The number of aromatic nitrogens is 4. The van der Waals surface area contributed by atoms with Gasteiger partial charge < -0.3 is 9.26 Å². The molecule has 3 aromatic rings. The monoisotopic (exact) mass is 370 g/mol. The molecule has 0 radical (unpaired) electrons. The van der Waals surface area contributed by atoms with Crippen LogP contribution in [0.5, 0.6) is 0 Å². The van der Waals surface area contributed by atoms with Crippen LogP contribution in [0, 0.1) is 6.92 Å². The maximum absolute atomic E-state index is 12.7. The highest BCUT2D eigenvalue weighted by Gasteiger charge is 2.19. The number of aryl methyl sites for hydroxylation is 2. The smallest absolute Gasteiger partial charge is 0.359 e. The molecule has 142 valence electrons. The fourth-order valence-corrected chi connectivity index (χ4v) is 2.82. The van der Waals surface area contributed by atoms with Crippen molar-refractivity contribution in [3.63, 3.8) is 0 Å². The standard InChI is InChI=1S/C19H22N4O4/c1-3-4-5-8-11-23-18(24)15-10-7-6-9-14(15)17(21-23)19(25)26-12-16-20-13(2)22-27-16/h6-7,9-10H,3-5,8,11-12H2,1-2H3. The molecular weight excluding hydrogens is 348 g/mol. The molecule has 0 aliphatic heterocycles. The number of unbranched alkanes of at least 4 members (excludes halogenated alkanes) is 3. The van der Waals surface area contributed by atoms with E-state index in [9.17, 15) is 9.59 Å². The largest absolute Gasteiger partial charge is 0.451 e. The first-order chi connectivity index (χ1) is 13.1. The summed E-state index contributed by atoms with van der Waals surface area (Å²) in [6, 6.07) is 6.91. The summed E-state index contributed by atoms with van der Waals surface area (Å²) in [6.45, 7) is 4.12. The number of benzene rings is 1. The minimum Gasteiger partial charge on any atom is -0.451 e. The number of carbonyl (C=O) groups excluding carboxylic acids is 1. The molecule has 0 unspecified atom stereocenters. The van der Waals surface area contributed by atoms with Crippen molar-refractivity contribution in [2.75, 3.05) is 0 Å². The fraction of sp³-hybridized carbons (Fsp3) is 0.421. The molecule has 0 fully saturated rings. The Labute approximate surface area is 156 Å². The average molecular weight is 370 g/mol. The van der Waals surface area contributed by atoms with Gasteiger partial charge in [-0.25, -0.2) is 9.48 Å². The Kier molecular flexibility index (Phi) is 5.95. The molecule has 3 rings (SSSR count). The molecular formula is C19H22N4O4. The van der Waals surface area contributed by atoms with Gasteiger partial charge in [0.1, 0.15) is 0 Å². The molecule has 0 spiro atoms. The van der Waals surface area contributed by atoms with E-state index in [2.05, 4.69) is 22.2 Å². The van der Waals surface area contributed by atoms with Crippen LogP contribution in [0.2, 0.25) is 0 Å². The molecule has 2 heterocycles. The highest BCUT2D eigenvalue weighted by atomic mass is 16.6. The summed E-state index contributed by atoms with van der Waals surface area (Å²) in [5, 5.41) is 8.85. The first-order valence-corrected chi connectivity index (χ1v) is 9.06. The van der Waals surface area contributed by atoms with Gasteiger partial charge in [0.2, 0.25) is 0 Å². The number of fused-ring (bicyclic) bond motifs is 1. The van der Waals surface area contributed by atoms with Crippen molar-refractivity contribution in [1.29, 1.82) is 0 Å². The molecule has 2 aromatic heterocycles. The number of carbonyl (C=O) groups is 1. The van der Waals surface area contributed by atoms with Crippen LogP contribution in [0.3, 0.4) is 0 Å². The minimum absolute atomic E-state index is 0.108. The summed E-state index contributed by atoms with van der Waals surface area (Å²) < 4.78 is 11.6. The van der Waals surface area contributed by atoms with Gasteiger partial charge in [0.15, 0.2) is 18.1 Å². The second-order valence-electron chi connectivity index (χ2n) is 6.29. The third kappa shape index (κ3) is 4.39. The number of nitrogens with zero attached hydrogens (tertiary/aromatic N) is 4. The lowest BCUT2D eigenvalue weighted by molar-refractivity contribution is 0.0422. The fourth-order valence-electron chi connectivity index (χ4n) is 2.82. The predicted octanol–water partition coefficient (Wildman–Crippen LogP) is 3.03. The zero-order valence-corrected chi connectivity index (χ0v) is 15.5. The molecule has 1 aromatic carbocycles. The first kappa shape index (κ1) is 18.8. The first-order valence-electron chi connectivity index (χ1n) is 9.06. The number of hydrogen-bond acceptors (Lipinski definition) is 7. The Hall–Kier alpha value is -3.03. The number of ether oxygens (including phenoxy) is 1. The van der Waals surface area contributed by atoms with Crippen molar-refractivity contribution >= 4 is 16.7 Å². The summed E-state index contributed by atoms with van der Waals surface area (Å²) >= 11 is 0. The SMILES string of the molecule is CCCCCCn1nc(C(=O)OCc2nc(C)no2)c2ccccc2c1=O. The Morgan fingerprint density at radius 2 is 1.96 bits per heavy atom. The van der Waals surface area contributed by atoms with E-state index in [0.29, 0.717) is 23.1 Å². The molecule has 0 aliphatic rings. The van der Waals surface area contributed by atoms with Crippen LogP contribution in [-0.2, 0) is 17.9 Å². The van der Waals surface area contributed by atoms with Crippen molar-refractivity contribution in [2.45, 2.75) is 52.7 Å². The van der Waals surface area contributed by atoms with E-state index in [1.807, 2.05) is 0 Å². The third-order valence-electron chi connectivity index (χ3n) is 4.18. The van der Waals surface area contributed by atoms with Gasteiger partial charge in [-0.1, -0.05) is 49.5 Å². The van der Waals surface area contributed by atoms with E-state index in [1.54, 1.807) is 31.2 Å². The van der Waals surface area contributed by atoms with Crippen LogP contribution < -0.4 is 5.56 Å². The molecule has 0 saturated heterocycles. The van der Waals surface area contributed by atoms with Crippen LogP contribution >= 0.6 is 0 Å². The van der Waals surface area contributed by atoms with Crippen LogP contribution in [0.1, 0.15) is 54.8 Å². The maximum atomic E-state index is 12.7. The number of hydrogen-bond donors (Lipinski definition) is 0. The molecule has 27 heavy (non-hydrogen) atoms. The van der Waals surface area contributed by atoms with Gasteiger partial charge in [0, 0.05) is 11.9 Å². The lowest BCUT2D eigenvalue weighted by atomic mass is 10.1. The van der Waals surface area contributed by atoms with Crippen LogP contribution in [0.25, 0.3) is 10.8 Å². The predicted molar refractivity (Wildman–Crippen MR) is 98.3 cm³/mol. The molecule has 0 atom stereocenters. The van der Waals surface area contributed by atoms with Crippen LogP contribution in [-0.4, -0.2) is 25.9 Å². The quantitative estimate of drug-likeness (QED) is 0.444. The minimum atomic E-state index is -0.635. The van der Waals surface area contributed by atoms with E-state index in [1.165, 1.54) is 4.68 Å². The molecule has 0 saturated carbocycles. The summed E-state index contributed by atoms with van der Waals surface area (Å²) in [4.78, 5) is 29.3. The lowest BCUT2D eigenvalue weighted by Crippen LogP contribution is -2.26. The maximum Gasteiger partial charge on any atom is 0.359 e. The molecule has 0 aliphatic carbocycles. The summed E-state index contributed by atoms with van der Waals surface area (Å²) in [5.74, 6) is 0.0349. The van der Waals surface area contributed by atoms with Gasteiger partial charge >= 0.3 is 5.97 Å². The second-order valence-corrected chi connectivity index (χ2v) is 6.29. The zero-order valence-electron chi connectivity index (χ0n) is 15.5. The Morgan fingerprint density at radius 1 is 1.19 bits per heavy atom. The highest BCUT2D eigenvalue weighted by molar-refractivity contribution is 6.02. The van der Waals surface area contributed by atoms with Crippen molar-refractivity contribution in [3.8, 4) is 0 Å². The number of esters is 1. The summed E-state index contributed by atoms with van der Waals surface area (Å²) in [6.07, 6.45) is 4.04. The Bertz CT molecular complexity index is 993. The van der Waals surface area contributed by atoms with Crippen molar-refractivity contribution in [2.24, 2.45) is 0 Å². The zero-order chi connectivity index (χ0) is 19.2. The van der Waals surface area contributed by atoms with Crippen molar-refractivity contribution in [1.82, 2.24) is 19.9 Å². The normalized spacial score (nSPS) is 11.0. The Balaban J connectivity index is 1.86. The second kappa shape index (κ2) is 8.57. The van der Waals surface area contributed by atoms with E-state index >= 15 is 0 Å². The highest BCUT2D eigenvalue weighted by Crippen LogP contribution is 2.15. The Morgan fingerprint density at radius 3 is 2.67 bits per heavy atom. The topological polar surface area (TPSA) is 100 Å². The van der Waals surface area contributed by atoms with Crippen LogP contribution in [0.4, 0.5) is 0 Å². The van der Waals surface area contributed by atoms with Gasteiger partial charge in [-0.05, 0) is 19.4 Å². The van der Waals surface area contributed by atoms with Gasteiger partial charge in [-0.3, -0.25) is 4.79 Å². The lowest BCUT2D eigenvalue weighted by Gasteiger charge is -2.10. The van der Waals surface area contributed by atoms with Gasteiger partial charge in [-0.15, -0.1) is 0 Å². The molecule has 0 amide bonds. The molecule has 0 bridgehead atoms. The average Bonchev–Trinajstić information content (AvgIpc) is 3.10. The van der Waals surface area contributed by atoms with Gasteiger partial charge in [0.25, 0.3) is 11.4 Å². The van der Waals surface area contributed by atoms with E-state index in [0.717, 1.165) is 25.7 Å².